The molecule has 4 atom stereocenters. The van der Waals surface area contributed by atoms with Gasteiger partial charge in [-0.05, 0) is 44.6 Å². The smallest absolute Gasteiger partial charge is 0.315 e. The highest BCUT2D eigenvalue weighted by Gasteiger charge is 2.40. The molecule has 0 aliphatic heterocycles. The van der Waals surface area contributed by atoms with E-state index in [1.165, 1.54) is 25.7 Å². The number of hydrogen-bond donors (Lipinski definition) is 2. The van der Waals surface area contributed by atoms with Gasteiger partial charge in [0.15, 0.2) is 0 Å². The second kappa shape index (κ2) is 4.88. The molecule has 18 heavy (non-hydrogen) atoms. The minimum absolute atomic E-state index is 0.123. The lowest BCUT2D eigenvalue weighted by Gasteiger charge is -2.21. The highest BCUT2D eigenvalue weighted by atomic mass is 16.4. The van der Waals surface area contributed by atoms with Gasteiger partial charge in [0, 0.05) is 6.04 Å². The van der Waals surface area contributed by atoms with E-state index in [1.807, 2.05) is 6.92 Å². The molecule has 2 bridgehead atoms. The van der Waals surface area contributed by atoms with E-state index in [-0.39, 0.29) is 6.04 Å². The molecule has 5 nitrogen and oxygen atoms in total. The molecule has 2 N–H and O–H groups in total. The Morgan fingerprint density at radius 2 is 2.22 bits per heavy atom. The van der Waals surface area contributed by atoms with E-state index in [0.717, 1.165) is 18.4 Å². The first-order chi connectivity index (χ1) is 8.76. The molecule has 1 aromatic rings. The molecule has 1 aromatic heterocycles. The summed E-state index contributed by atoms with van der Waals surface area (Å²) in [5.41, 5.74) is 0. The van der Waals surface area contributed by atoms with Crippen LogP contribution in [0.3, 0.4) is 0 Å². The highest BCUT2D eigenvalue weighted by Crippen LogP contribution is 2.45. The standard InChI is InChI=1S/C13H22N4O/c1-3-14-8(2)12-16-17-13(18-12)15-11-7-9-4-5-10(11)6-9/h8-11,14H,3-7H2,1-2H3,(H,15,17). The Bertz CT molecular complexity index is 405. The number of fused-ring (bicyclic) bond motifs is 2. The Morgan fingerprint density at radius 3 is 2.89 bits per heavy atom. The number of anilines is 1. The number of nitrogens with one attached hydrogen (secondary N) is 2. The molecular weight excluding hydrogens is 228 g/mol. The normalized spacial score (nSPS) is 31.8. The third kappa shape index (κ3) is 2.23. The summed E-state index contributed by atoms with van der Waals surface area (Å²) in [4.78, 5) is 0. The average Bonchev–Trinajstić information content (AvgIpc) is 3.04. The van der Waals surface area contributed by atoms with Crippen molar-refractivity contribution in [3.05, 3.63) is 5.89 Å². The Morgan fingerprint density at radius 1 is 1.33 bits per heavy atom. The van der Waals surface area contributed by atoms with Gasteiger partial charge >= 0.3 is 6.01 Å². The van der Waals surface area contributed by atoms with Crippen LogP contribution < -0.4 is 10.6 Å². The second-order valence-electron chi connectivity index (χ2n) is 5.65. The van der Waals surface area contributed by atoms with Crippen LogP contribution in [0.1, 0.15) is 51.5 Å². The first-order valence-electron chi connectivity index (χ1n) is 7.09. The molecule has 2 aliphatic carbocycles. The molecule has 5 heteroatoms. The zero-order valence-electron chi connectivity index (χ0n) is 11.1. The predicted molar refractivity (Wildman–Crippen MR) is 69.2 cm³/mol. The lowest BCUT2D eigenvalue weighted by molar-refractivity contribution is 0.405. The molecule has 2 fully saturated rings. The molecule has 0 saturated heterocycles. The van der Waals surface area contributed by atoms with Gasteiger partial charge in [-0.3, -0.25) is 0 Å². The van der Waals surface area contributed by atoms with Crippen LogP contribution in [0.25, 0.3) is 0 Å². The van der Waals surface area contributed by atoms with Crippen molar-refractivity contribution >= 4 is 6.01 Å². The SMILES string of the molecule is CCNC(C)c1nnc(NC2CC3CCC2C3)o1. The van der Waals surface area contributed by atoms with Crippen molar-refractivity contribution < 1.29 is 4.42 Å². The molecular formula is C13H22N4O. The number of aromatic nitrogens is 2. The predicted octanol–water partition coefficient (Wildman–Crippen LogP) is 2.34. The van der Waals surface area contributed by atoms with Crippen molar-refractivity contribution in [2.24, 2.45) is 11.8 Å². The van der Waals surface area contributed by atoms with E-state index < -0.39 is 0 Å². The molecule has 1 heterocycles. The summed E-state index contributed by atoms with van der Waals surface area (Å²) in [6.07, 6.45) is 5.42. The lowest BCUT2D eigenvalue weighted by atomic mass is 9.96. The van der Waals surface area contributed by atoms with E-state index in [4.69, 9.17) is 4.42 Å². The Hall–Kier alpha value is -1.10. The van der Waals surface area contributed by atoms with Crippen LogP contribution in [0.5, 0.6) is 0 Å². The maximum atomic E-state index is 5.67. The van der Waals surface area contributed by atoms with Crippen LogP contribution >= 0.6 is 0 Å². The highest BCUT2D eigenvalue weighted by molar-refractivity contribution is 5.22. The first kappa shape index (κ1) is 12.0. The summed E-state index contributed by atoms with van der Waals surface area (Å²) in [6.45, 7) is 5.01. The molecule has 0 amide bonds. The van der Waals surface area contributed by atoms with Crippen molar-refractivity contribution in [3.8, 4) is 0 Å². The third-order valence-corrected chi connectivity index (χ3v) is 4.37. The van der Waals surface area contributed by atoms with Crippen LogP contribution in [-0.4, -0.2) is 22.8 Å². The van der Waals surface area contributed by atoms with Gasteiger partial charge < -0.3 is 15.1 Å². The Kier molecular flexibility index (Phi) is 3.24. The average molecular weight is 250 g/mol. The molecule has 0 aromatic carbocycles. The lowest BCUT2D eigenvalue weighted by Crippen LogP contribution is -2.25. The van der Waals surface area contributed by atoms with E-state index in [0.29, 0.717) is 17.9 Å². The number of rotatable bonds is 5. The van der Waals surface area contributed by atoms with Gasteiger partial charge in [0.05, 0.1) is 6.04 Å². The van der Waals surface area contributed by atoms with Crippen LogP contribution in [-0.2, 0) is 0 Å². The summed E-state index contributed by atoms with van der Waals surface area (Å²) in [6, 6.07) is 1.26. The van der Waals surface area contributed by atoms with E-state index >= 15 is 0 Å². The van der Waals surface area contributed by atoms with Gasteiger partial charge in [-0.15, -0.1) is 5.10 Å². The first-order valence-corrected chi connectivity index (χ1v) is 7.09. The largest absolute Gasteiger partial charge is 0.406 e. The summed E-state index contributed by atoms with van der Waals surface area (Å²) in [7, 11) is 0. The van der Waals surface area contributed by atoms with E-state index in [9.17, 15) is 0 Å². The van der Waals surface area contributed by atoms with Crippen molar-refractivity contribution in [1.82, 2.24) is 15.5 Å². The number of nitrogens with zero attached hydrogens (tertiary/aromatic N) is 2. The minimum atomic E-state index is 0.123. The molecule has 100 valence electrons. The minimum Gasteiger partial charge on any atom is -0.406 e. The fourth-order valence-corrected chi connectivity index (χ4v) is 3.44. The summed E-state index contributed by atoms with van der Waals surface area (Å²) in [5.74, 6) is 2.41. The van der Waals surface area contributed by atoms with Gasteiger partial charge in [-0.25, -0.2) is 0 Å². The molecule has 3 rings (SSSR count). The van der Waals surface area contributed by atoms with Crippen LogP contribution in [0.15, 0.2) is 4.42 Å². The van der Waals surface area contributed by atoms with Crippen LogP contribution in [0.4, 0.5) is 6.01 Å². The van der Waals surface area contributed by atoms with Crippen LogP contribution in [0.2, 0.25) is 0 Å². The number of hydrogen-bond acceptors (Lipinski definition) is 5. The van der Waals surface area contributed by atoms with E-state index in [2.05, 4.69) is 27.8 Å². The van der Waals surface area contributed by atoms with Gasteiger partial charge in [0.1, 0.15) is 0 Å². The van der Waals surface area contributed by atoms with Crippen molar-refractivity contribution in [1.29, 1.82) is 0 Å². The van der Waals surface area contributed by atoms with Gasteiger partial charge in [0.2, 0.25) is 5.89 Å². The van der Waals surface area contributed by atoms with Gasteiger partial charge in [-0.1, -0.05) is 18.4 Å². The van der Waals surface area contributed by atoms with Crippen LogP contribution in [0, 0.1) is 11.8 Å². The molecule has 0 spiro atoms. The fourth-order valence-electron chi connectivity index (χ4n) is 3.44. The molecule has 0 radical (unpaired) electrons. The summed E-state index contributed by atoms with van der Waals surface area (Å²) in [5, 5.41) is 14.9. The van der Waals surface area contributed by atoms with Crippen molar-refractivity contribution in [2.45, 2.75) is 51.6 Å². The summed E-state index contributed by atoms with van der Waals surface area (Å²) < 4.78 is 5.67. The van der Waals surface area contributed by atoms with Crippen molar-refractivity contribution in [2.75, 3.05) is 11.9 Å². The topological polar surface area (TPSA) is 63.0 Å². The zero-order chi connectivity index (χ0) is 12.5. The van der Waals surface area contributed by atoms with E-state index in [1.54, 1.807) is 0 Å². The Balaban J connectivity index is 1.60. The quantitative estimate of drug-likeness (QED) is 0.840. The maximum absolute atomic E-state index is 5.67. The zero-order valence-corrected chi connectivity index (χ0v) is 11.1. The molecule has 2 saturated carbocycles. The fraction of sp³-hybridized carbons (Fsp3) is 0.846. The third-order valence-electron chi connectivity index (χ3n) is 4.37. The molecule has 4 unspecified atom stereocenters. The van der Waals surface area contributed by atoms with Crippen molar-refractivity contribution in [3.63, 3.8) is 0 Å². The molecule has 2 aliphatic rings. The summed E-state index contributed by atoms with van der Waals surface area (Å²) >= 11 is 0. The second-order valence-corrected chi connectivity index (χ2v) is 5.65. The Labute approximate surface area is 108 Å². The maximum Gasteiger partial charge on any atom is 0.315 e. The van der Waals surface area contributed by atoms with Gasteiger partial charge in [0.25, 0.3) is 0 Å². The monoisotopic (exact) mass is 250 g/mol. The van der Waals surface area contributed by atoms with Gasteiger partial charge in [-0.2, -0.15) is 0 Å².